The molecule has 0 saturated carbocycles. The van der Waals surface area contributed by atoms with E-state index >= 15 is 0 Å². The third-order valence-electron chi connectivity index (χ3n) is 4.26. The summed E-state index contributed by atoms with van der Waals surface area (Å²) in [6.45, 7) is 2.10. The largest absolute Gasteiger partial charge is 0.300 e. The predicted molar refractivity (Wildman–Crippen MR) is 97.9 cm³/mol. The molecule has 25 heavy (non-hydrogen) atoms. The molecule has 5 heteroatoms. The summed E-state index contributed by atoms with van der Waals surface area (Å²) < 4.78 is 0. The molecular formula is C20H22N4O. The fourth-order valence-electron chi connectivity index (χ4n) is 2.86. The highest BCUT2D eigenvalue weighted by atomic mass is 16.1. The van der Waals surface area contributed by atoms with Gasteiger partial charge in [-0.05, 0) is 40.8 Å². The number of nitrogens with one attached hydrogen (secondary N) is 1. The topological polar surface area (TPSA) is 71.5 Å². The van der Waals surface area contributed by atoms with E-state index in [1.807, 2.05) is 18.2 Å². The second-order valence-corrected chi connectivity index (χ2v) is 6.12. The number of aromatic nitrogens is 4. The molecule has 3 rings (SSSR count). The molecule has 5 nitrogen and oxygen atoms in total. The molecule has 128 valence electrons. The number of nitrogens with zero attached hydrogens (tertiary/aromatic N) is 3. The molecule has 0 atom stereocenters. The van der Waals surface area contributed by atoms with Crippen LogP contribution in [0.5, 0.6) is 0 Å². The van der Waals surface area contributed by atoms with E-state index < -0.39 is 0 Å². The average molecular weight is 334 g/mol. The predicted octanol–water partition coefficient (Wildman–Crippen LogP) is 4.23. The molecule has 0 aliphatic heterocycles. The van der Waals surface area contributed by atoms with Crippen molar-refractivity contribution in [3.05, 3.63) is 54.1 Å². The van der Waals surface area contributed by atoms with E-state index in [0.29, 0.717) is 24.4 Å². The van der Waals surface area contributed by atoms with Gasteiger partial charge in [0.05, 0.1) is 0 Å². The number of aromatic amines is 1. The van der Waals surface area contributed by atoms with Crippen LogP contribution in [0.4, 0.5) is 0 Å². The second-order valence-electron chi connectivity index (χ2n) is 6.12. The van der Waals surface area contributed by atoms with Crippen LogP contribution in [0, 0.1) is 0 Å². The summed E-state index contributed by atoms with van der Waals surface area (Å²) >= 11 is 0. The van der Waals surface area contributed by atoms with Crippen molar-refractivity contribution in [2.45, 2.75) is 39.0 Å². The van der Waals surface area contributed by atoms with Gasteiger partial charge in [-0.2, -0.15) is 5.21 Å². The third-order valence-corrected chi connectivity index (χ3v) is 4.26. The number of carbonyl (C=O) groups is 1. The fraction of sp³-hybridized carbons (Fsp3) is 0.300. The summed E-state index contributed by atoms with van der Waals surface area (Å²) in [5.41, 5.74) is 4.21. The summed E-state index contributed by atoms with van der Waals surface area (Å²) in [7, 11) is 0. The van der Waals surface area contributed by atoms with Gasteiger partial charge in [-0.1, -0.05) is 55.8 Å². The van der Waals surface area contributed by atoms with Crippen molar-refractivity contribution in [2.75, 3.05) is 0 Å². The molecule has 0 spiro atoms. The molecule has 1 aromatic heterocycles. The molecular weight excluding hydrogens is 312 g/mol. The number of ketones is 1. The smallest absolute Gasteiger partial charge is 0.205 e. The van der Waals surface area contributed by atoms with Crippen molar-refractivity contribution in [2.24, 2.45) is 0 Å². The SMILES string of the molecule is CCCCC(=O)CCc1ccc(-c2ccccc2)c(-c2nn[nH]n2)c1. The highest BCUT2D eigenvalue weighted by molar-refractivity contribution is 5.81. The van der Waals surface area contributed by atoms with Gasteiger partial charge in [0.25, 0.3) is 0 Å². The molecule has 0 aliphatic carbocycles. The minimum atomic E-state index is 0.329. The number of unbranched alkanes of at least 4 members (excludes halogenated alkanes) is 1. The van der Waals surface area contributed by atoms with Gasteiger partial charge in [-0.25, -0.2) is 0 Å². The Hall–Kier alpha value is -2.82. The molecule has 2 aromatic carbocycles. The van der Waals surface area contributed by atoms with Crippen LogP contribution in [0.15, 0.2) is 48.5 Å². The molecule has 0 unspecified atom stereocenters. The lowest BCUT2D eigenvalue weighted by molar-refractivity contribution is -0.119. The van der Waals surface area contributed by atoms with Gasteiger partial charge < -0.3 is 0 Å². The first-order valence-corrected chi connectivity index (χ1v) is 8.72. The van der Waals surface area contributed by atoms with Crippen LogP contribution in [0.1, 0.15) is 38.2 Å². The van der Waals surface area contributed by atoms with Crippen LogP contribution in [-0.2, 0) is 11.2 Å². The van der Waals surface area contributed by atoms with Crippen molar-refractivity contribution < 1.29 is 4.79 Å². The zero-order valence-electron chi connectivity index (χ0n) is 14.4. The van der Waals surface area contributed by atoms with E-state index in [0.717, 1.165) is 41.5 Å². The molecule has 0 amide bonds. The van der Waals surface area contributed by atoms with Gasteiger partial charge in [0.15, 0.2) is 0 Å². The number of carbonyl (C=O) groups excluding carboxylic acids is 1. The number of hydrogen-bond acceptors (Lipinski definition) is 4. The second kappa shape index (κ2) is 8.33. The van der Waals surface area contributed by atoms with Crippen LogP contribution >= 0.6 is 0 Å². The highest BCUT2D eigenvalue weighted by Gasteiger charge is 2.13. The number of H-pyrrole nitrogens is 1. The van der Waals surface area contributed by atoms with Gasteiger partial charge in [0.2, 0.25) is 5.82 Å². The minimum absolute atomic E-state index is 0.329. The lowest BCUT2D eigenvalue weighted by Crippen LogP contribution is -2.00. The molecule has 1 heterocycles. The Morgan fingerprint density at radius 3 is 2.60 bits per heavy atom. The van der Waals surface area contributed by atoms with Crippen LogP contribution < -0.4 is 0 Å². The number of aryl methyl sites for hydroxylation is 1. The first-order chi connectivity index (χ1) is 12.3. The number of rotatable bonds is 8. The van der Waals surface area contributed by atoms with E-state index in [-0.39, 0.29) is 0 Å². The maximum atomic E-state index is 11.9. The van der Waals surface area contributed by atoms with Crippen molar-refractivity contribution in [3.63, 3.8) is 0 Å². The molecule has 3 aromatic rings. The lowest BCUT2D eigenvalue weighted by atomic mass is 9.95. The number of hydrogen-bond donors (Lipinski definition) is 1. The Kier molecular flexibility index (Phi) is 5.67. The Labute approximate surface area is 147 Å². The quantitative estimate of drug-likeness (QED) is 0.669. The van der Waals surface area contributed by atoms with Gasteiger partial charge in [0.1, 0.15) is 5.78 Å². The van der Waals surface area contributed by atoms with Crippen LogP contribution in [0.3, 0.4) is 0 Å². The van der Waals surface area contributed by atoms with Gasteiger partial charge in [0, 0.05) is 18.4 Å². The Morgan fingerprint density at radius 1 is 1.04 bits per heavy atom. The first kappa shape index (κ1) is 17.0. The minimum Gasteiger partial charge on any atom is -0.300 e. The van der Waals surface area contributed by atoms with Crippen LogP contribution in [0.25, 0.3) is 22.5 Å². The van der Waals surface area contributed by atoms with E-state index in [9.17, 15) is 4.79 Å². The normalized spacial score (nSPS) is 10.8. The van der Waals surface area contributed by atoms with Crippen molar-refractivity contribution >= 4 is 5.78 Å². The van der Waals surface area contributed by atoms with E-state index in [1.54, 1.807) is 0 Å². The van der Waals surface area contributed by atoms with Crippen LogP contribution in [-0.4, -0.2) is 26.4 Å². The summed E-state index contributed by atoms with van der Waals surface area (Å²) in [4.78, 5) is 11.9. The molecule has 0 aliphatic rings. The maximum Gasteiger partial charge on any atom is 0.205 e. The molecule has 0 bridgehead atoms. The lowest BCUT2D eigenvalue weighted by Gasteiger charge is -2.10. The standard InChI is InChI=1S/C20H22N4O/c1-2-3-9-17(25)12-10-15-11-13-18(16-7-5-4-6-8-16)19(14-15)20-21-23-24-22-20/h4-8,11,13-14H,2-3,9-10,12H2,1H3,(H,21,22,23,24). The summed E-state index contributed by atoms with van der Waals surface area (Å²) in [6, 6.07) is 16.4. The number of Topliss-reactive ketones (excluding diaryl/α,β-unsaturated/α-hetero) is 1. The first-order valence-electron chi connectivity index (χ1n) is 8.72. The highest BCUT2D eigenvalue weighted by Crippen LogP contribution is 2.31. The Bertz CT molecular complexity index is 813. The summed E-state index contributed by atoms with van der Waals surface area (Å²) in [5.74, 6) is 0.896. The zero-order valence-corrected chi connectivity index (χ0v) is 14.4. The Balaban J connectivity index is 1.85. The fourth-order valence-corrected chi connectivity index (χ4v) is 2.86. The van der Waals surface area contributed by atoms with Crippen molar-refractivity contribution in [1.29, 1.82) is 0 Å². The molecule has 0 fully saturated rings. The van der Waals surface area contributed by atoms with Gasteiger partial charge >= 0.3 is 0 Å². The molecule has 0 radical (unpaired) electrons. The summed E-state index contributed by atoms with van der Waals surface area (Å²) in [5, 5.41) is 14.5. The monoisotopic (exact) mass is 334 g/mol. The molecule has 0 saturated heterocycles. The summed E-state index contributed by atoms with van der Waals surface area (Å²) in [6.07, 6.45) is 4.02. The maximum absolute atomic E-state index is 11.9. The van der Waals surface area contributed by atoms with Crippen molar-refractivity contribution in [1.82, 2.24) is 20.6 Å². The third kappa shape index (κ3) is 4.38. The number of tetrazole rings is 1. The van der Waals surface area contributed by atoms with Crippen molar-refractivity contribution in [3.8, 4) is 22.5 Å². The molecule has 1 N–H and O–H groups in total. The number of benzene rings is 2. The van der Waals surface area contributed by atoms with Crippen LogP contribution in [0.2, 0.25) is 0 Å². The average Bonchev–Trinajstić information content (AvgIpc) is 3.20. The van der Waals surface area contributed by atoms with E-state index in [1.165, 1.54) is 0 Å². The van der Waals surface area contributed by atoms with E-state index in [2.05, 4.69) is 57.9 Å². The van der Waals surface area contributed by atoms with Gasteiger partial charge in [-0.15, -0.1) is 10.2 Å². The van der Waals surface area contributed by atoms with Gasteiger partial charge in [-0.3, -0.25) is 4.79 Å². The zero-order chi connectivity index (χ0) is 17.5. The Morgan fingerprint density at radius 2 is 1.88 bits per heavy atom. The van der Waals surface area contributed by atoms with E-state index in [4.69, 9.17) is 0 Å².